The molecule has 2 heterocycles. The highest BCUT2D eigenvalue weighted by atomic mass is 32.1. The van der Waals surface area contributed by atoms with Gasteiger partial charge in [-0.3, -0.25) is 4.79 Å². The topological polar surface area (TPSA) is 55.6 Å². The number of nitrogens with zero attached hydrogens (tertiary/aromatic N) is 1. The van der Waals surface area contributed by atoms with E-state index in [0.29, 0.717) is 18.8 Å². The lowest BCUT2D eigenvalue weighted by atomic mass is 10.1. The third-order valence-corrected chi connectivity index (χ3v) is 4.14. The van der Waals surface area contributed by atoms with Crippen molar-refractivity contribution in [1.29, 1.82) is 0 Å². The minimum absolute atomic E-state index is 0.0764. The van der Waals surface area contributed by atoms with Gasteiger partial charge in [-0.2, -0.15) is 0 Å². The monoisotopic (exact) mass is 266 g/mol. The van der Waals surface area contributed by atoms with Crippen LogP contribution in [-0.4, -0.2) is 37.6 Å². The molecule has 2 rings (SSSR count). The SMILES string of the molecule is COCC1=CCN(C(=O)c2cc(N)c(C)s2)CC1. The van der Waals surface area contributed by atoms with Crippen molar-refractivity contribution in [1.82, 2.24) is 4.90 Å². The average Bonchev–Trinajstić information content (AvgIpc) is 2.70. The molecule has 1 aliphatic rings. The van der Waals surface area contributed by atoms with Crippen LogP contribution < -0.4 is 5.73 Å². The van der Waals surface area contributed by atoms with Crippen molar-refractivity contribution in [2.45, 2.75) is 13.3 Å². The molecule has 0 aromatic carbocycles. The highest BCUT2D eigenvalue weighted by Gasteiger charge is 2.20. The molecule has 5 heteroatoms. The lowest BCUT2D eigenvalue weighted by molar-refractivity contribution is 0.0770. The van der Waals surface area contributed by atoms with Crippen LogP contribution in [0, 0.1) is 6.92 Å². The van der Waals surface area contributed by atoms with Crippen LogP contribution in [0.2, 0.25) is 0 Å². The zero-order valence-electron chi connectivity index (χ0n) is 10.7. The van der Waals surface area contributed by atoms with Gasteiger partial charge in [0.15, 0.2) is 0 Å². The summed E-state index contributed by atoms with van der Waals surface area (Å²) in [5.41, 5.74) is 7.75. The van der Waals surface area contributed by atoms with Crippen molar-refractivity contribution < 1.29 is 9.53 Å². The summed E-state index contributed by atoms with van der Waals surface area (Å²) in [7, 11) is 1.69. The first-order valence-electron chi connectivity index (χ1n) is 5.94. The molecule has 0 saturated carbocycles. The number of nitrogens with two attached hydrogens (primary N) is 1. The zero-order valence-corrected chi connectivity index (χ0v) is 11.5. The molecule has 1 amide bonds. The van der Waals surface area contributed by atoms with Crippen molar-refractivity contribution in [3.8, 4) is 0 Å². The maximum atomic E-state index is 12.3. The van der Waals surface area contributed by atoms with Gasteiger partial charge in [-0.1, -0.05) is 6.08 Å². The Morgan fingerprint density at radius 1 is 1.61 bits per heavy atom. The highest BCUT2D eigenvalue weighted by molar-refractivity contribution is 7.14. The molecule has 18 heavy (non-hydrogen) atoms. The van der Waals surface area contributed by atoms with Crippen LogP contribution >= 0.6 is 11.3 Å². The average molecular weight is 266 g/mol. The van der Waals surface area contributed by atoms with E-state index in [1.807, 2.05) is 11.8 Å². The molecular formula is C13H18N2O2S. The largest absolute Gasteiger partial charge is 0.398 e. The van der Waals surface area contributed by atoms with Crippen molar-refractivity contribution in [2.75, 3.05) is 32.5 Å². The third-order valence-electron chi connectivity index (χ3n) is 3.09. The van der Waals surface area contributed by atoms with E-state index >= 15 is 0 Å². The fraction of sp³-hybridized carbons (Fsp3) is 0.462. The molecule has 98 valence electrons. The van der Waals surface area contributed by atoms with E-state index in [9.17, 15) is 4.79 Å². The Morgan fingerprint density at radius 2 is 2.39 bits per heavy atom. The molecule has 0 saturated heterocycles. The van der Waals surface area contributed by atoms with Crippen LogP contribution in [0.25, 0.3) is 0 Å². The third kappa shape index (κ3) is 2.73. The van der Waals surface area contributed by atoms with E-state index in [1.54, 1.807) is 13.2 Å². The summed E-state index contributed by atoms with van der Waals surface area (Å²) in [4.78, 5) is 15.8. The molecule has 0 spiro atoms. The minimum Gasteiger partial charge on any atom is -0.398 e. The van der Waals surface area contributed by atoms with Crippen LogP contribution in [-0.2, 0) is 4.74 Å². The Hall–Kier alpha value is -1.33. The number of hydrogen-bond donors (Lipinski definition) is 1. The summed E-state index contributed by atoms with van der Waals surface area (Å²) in [6.07, 6.45) is 2.97. The van der Waals surface area contributed by atoms with Crippen molar-refractivity contribution in [3.05, 3.63) is 27.5 Å². The zero-order chi connectivity index (χ0) is 13.1. The Bertz CT molecular complexity index is 460. The fourth-order valence-electron chi connectivity index (χ4n) is 1.97. The summed E-state index contributed by atoms with van der Waals surface area (Å²) in [6.45, 7) is 4.01. The smallest absolute Gasteiger partial charge is 0.264 e. The Kier molecular flexibility index (Phi) is 4.04. The molecule has 0 unspecified atom stereocenters. The number of hydrogen-bond acceptors (Lipinski definition) is 4. The molecule has 0 radical (unpaired) electrons. The number of thiophene rings is 1. The van der Waals surface area contributed by atoms with Gasteiger partial charge in [0.2, 0.25) is 0 Å². The first-order chi connectivity index (χ1) is 8.61. The number of amides is 1. The molecule has 2 N–H and O–H groups in total. The number of nitrogen functional groups attached to an aromatic ring is 1. The van der Waals surface area contributed by atoms with Gasteiger partial charge >= 0.3 is 0 Å². The number of carbonyl (C=O) groups excluding carboxylic acids is 1. The van der Waals surface area contributed by atoms with Gasteiger partial charge in [-0.05, 0) is 25.0 Å². The van der Waals surface area contributed by atoms with E-state index in [4.69, 9.17) is 10.5 Å². The normalized spacial score (nSPS) is 15.7. The fourth-order valence-corrected chi connectivity index (χ4v) is 2.88. The summed E-state index contributed by atoms with van der Waals surface area (Å²) in [5.74, 6) is 0.0764. The van der Waals surface area contributed by atoms with Gasteiger partial charge in [0, 0.05) is 30.8 Å². The van der Waals surface area contributed by atoms with E-state index in [0.717, 1.165) is 22.7 Å². The summed E-state index contributed by atoms with van der Waals surface area (Å²) in [6, 6.07) is 1.77. The van der Waals surface area contributed by atoms with Crippen LogP contribution in [0.4, 0.5) is 5.69 Å². The van der Waals surface area contributed by atoms with Gasteiger partial charge in [0.1, 0.15) is 0 Å². The predicted molar refractivity (Wildman–Crippen MR) is 73.9 cm³/mol. The number of anilines is 1. The van der Waals surface area contributed by atoms with Crippen LogP contribution in [0.1, 0.15) is 21.0 Å². The standard InChI is InChI=1S/C13H18N2O2S/c1-9-11(14)7-12(18-9)13(16)15-5-3-10(4-6-15)8-17-2/h3,7H,4-6,8,14H2,1-2H3. The van der Waals surface area contributed by atoms with Gasteiger partial charge < -0.3 is 15.4 Å². The lowest BCUT2D eigenvalue weighted by Gasteiger charge is -2.25. The number of aryl methyl sites for hydroxylation is 1. The van der Waals surface area contributed by atoms with Crippen LogP contribution in [0.5, 0.6) is 0 Å². The number of rotatable bonds is 3. The Morgan fingerprint density at radius 3 is 2.89 bits per heavy atom. The Balaban J connectivity index is 2.03. The maximum absolute atomic E-state index is 12.3. The van der Waals surface area contributed by atoms with E-state index in [1.165, 1.54) is 16.9 Å². The first-order valence-corrected chi connectivity index (χ1v) is 6.75. The van der Waals surface area contributed by atoms with E-state index in [2.05, 4.69) is 6.08 Å². The Labute approximate surface area is 111 Å². The second kappa shape index (κ2) is 5.54. The van der Waals surface area contributed by atoms with Crippen LogP contribution in [0.15, 0.2) is 17.7 Å². The highest BCUT2D eigenvalue weighted by Crippen LogP contribution is 2.25. The number of ether oxygens (including phenoxy) is 1. The lowest BCUT2D eigenvalue weighted by Crippen LogP contribution is -2.34. The summed E-state index contributed by atoms with van der Waals surface area (Å²) in [5, 5.41) is 0. The molecular weight excluding hydrogens is 248 g/mol. The number of methoxy groups -OCH3 is 1. The molecule has 0 aliphatic carbocycles. The minimum atomic E-state index is 0.0764. The van der Waals surface area contributed by atoms with E-state index < -0.39 is 0 Å². The van der Waals surface area contributed by atoms with Gasteiger partial charge in [-0.15, -0.1) is 11.3 Å². The van der Waals surface area contributed by atoms with Crippen LogP contribution in [0.3, 0.4) is 0 Å². The van der Waals surface area contributed by atoms with Gasteiger partial charge in [0.25, 0.3) is 5.91 Å². The maximum Gasteiger partial charge on any atom is 0.264 e. The predicted octanol–water partition coefficient (Wildman–Crippen LogP) is 2.06. The molecule has 0 fully saturated rings. The van der Waals surface area contributed by atoms with Gasteiger partial charge in [-0.25, -0.2) is 0 Å². The first kappa shape index (κ1) is 13.1. The van der Waals surface area contributed by atoms with Crippen molar-refractivity contribution >= 4 is 22.9 Å². The number of carbonyl (C=O) groups is 1. The van der Waals surface area contributed by atoms with Gasteiger partial charge in [0.05, 0.1) is 11.5 Å². The quantitative estimate of drug-likeness (QED) is 0.852. The summed E-state index contributed by atoms with van der Waals surface area (Å²) >= 11 is 1.47. The molecule has 4 nitrogen and oxygen atoms in total. The second-order valence-corrected chi connectivity index (χ2v) is 5.68. The van der Waals surface area contributed by atoms with Crippen molar-refractivity contribution in [2.24, 2.45) is 0 Å². The molecule has 0 bridgehead atoms. The molecule has 1 aromatic rings. The molecule has 1 aromatic heterocycles. The summed E-state index contributed by atoms with van der Waals surface area (Å²) < 4.78 is 5.09. The van der Waals surface area contributed by atoms with Crippen molar-refractivity contribution in [3.63, 3.8) is 0 Å². The molecule has 0 atom stereocenters. The second-order valence-electron chi connectivity index (χ2n) is 4.42. The molecule has 1 aliphatic heterocycles. The van der Waals surface area contributed by atoms with E-state index in [-0.39, 0.29) is 5.91 Å².